The average molecular weight is 494 g/mol. The molecule has 1 N–H and O–H groups in total. The van der Waals surface area contributed by atoms with E-state index in [1.807, 2.05) is 18.2 Å². The number of unbranched alkanes of at least 4 members (excludes halogenated alkanes) is 4. The number of likely N-dealkylation sites (tertiary alicyclic amines) is 1. The Morgan fingerprint density at radius 1 is 1.03 bits per heavy atom. The highest BCUT2D eigenvalue weighted by molar-refractivity contribution is 7.99. The van der Waals surface area contributed by atoms with E-state index in [9.17, 15) is 23.2 Å². The molecule has 1 aromatic rings. The number of imide groups is 1. The predicted octanol–water partition coefficient (Wildman–Crippen LogP) is 4.22. The summed E-state index contributed by atoms with van der Waals surface area (Å²) in [6.45, 7) is 2.34. The van der Waals surface area contributed by atoms with Crippen molar-refractivity contribution in [3.8, 4) is 0 Å². The molecule has 4 rings (SSSR count). The van der Waals surface area contributed by atoms with Crippen LogP contribution in [-0.2, 0) is 16.1 Å². The molecular formula is C25H33F2N3O3S. The van der Waals surface area contributed by atoms with Crippen LogP contribution in [0.1, 0.15) is 73.7 Å². The summed E-state index contributed by atoms with van der Waals surface area (Å²) in [5.74, 6) is -2.31. The molecule has 186 valence electrons. The Kier molecular flexibility index (Phi) is 8.24. The van der Waals surface area contributed by atoms with E-state index in [0.29, 0.717) is 31.6 Å². The van der Waals surface area contributed by atoms with Gasteiger partial charge in [0.05, 0.1) is 0 Å². The molecule has 0 saturated carbocycles. The number of hydrogen-bond donors (Lipinski definition) is 1. The molecule has 1 aromatic carbocycles. The Hall–Kier alpha value is -2.00. The normalized spacial score (nSPS) is 22.7. The highest BCUT2D eigenvalue weighted by Gasteiger charge is 2.39. The van der Waals surface area contributed by atoms with Gasteiger partial charge in [-0.1, -0.05) is 25.3 Å². The first-order chi connectivity index (χ1) is 16.3. The van der Waals surface area contributed by atoms with Gasteiger partial charge in [0.25, 0.3) is 11.8 Å². The maximum absolute atomic E-state index is 13.2. The topological polar surface area (TPSA) is 69.7 Å². The van der Waals surface area contributed by atoms with Gasteiger partial charge in [-0.2, -0.15) is 0 Å². The minimum atomic E-state index is -2.47. The van der Waals surface area contributed by atoms with Crippen LogP contribution in [0.25, 0.3) is 0 Å². The fourth-order valence-corrected chi connectivity index (χ4v) is 6.04. The van der Waals surface area contributed by atoms with Gasteiger partial charge in [0.15, 0.2) is 0 Å². The van der Waals surface area contributed by atoms with Crippen molar-refractivity contribution in [1.29, 1.82) is 0 Å². The van der Waals surface area contributed by atoms with E-state index >= 15 is 0 Å². The van der Waals surface area contributed by atoms with Gasteiger partial charge in [-0.3, -0.25) is 19.7 Å². The Labute approximate surface area is 203 Å². The number of amides is 3. The number of carbonyl (C=O) groups excluding carboxylic acids is 3. The lowest BCUT2D eigenvalue weighted by atomic mass is 10.0. The molecule has 1 unspecified atom stereocenters. The highest BCUT2D eigenvalue weighted by Crippen LogP contribution is 2.35. The van der Waals surface area contributed by atoms with Crippen LogP contribution in [0.2, 0.25) is 0 Å². The highest BCUT2D eigenvalue weighted by atomic mass is 32.2. The summed E-state index contributed by atoms with van der Waals surface area (Å²) in [5.41, 5.74) is 1.64. The van der Waals surface area contributed by atoms with E-state index in [4.69, 9.17) is 0 Å². The number of halogens is 2. The summed E-state index contributed by atoms with van der Waals surface area (Å²) >= 11 is 1.75. The molecule has 0 aromatic heterocycles. The first-order valence-electron chi connectivity index (χ1n) is 12.3. The zero-order chi connectivity index (χ0) is 24.1. The van der Waals surface area contributed by atoms with Crippen molar-refractivity contribution in [2.45, 2.75) is 81.2 Å². The van der Waals surface area contributed by atoms with Crippen LogP contribution in [0.15, 0.2) is 23.1 Å². The van der Waals surface area contributed by atoms with Crippen LogP contribution in [0.3, 0.4) is 0 Å². The molecule has 2 fully saturated rings. The standard InChI is InChI=1S/C25H33F2N3O3S/c26-25(27)11-14-29(15-12-25)13-4-2-1-3-5-16-34-21-8-6-7-18-19(21)17-30(24(18)33)20-9-10-22(31)28-23(20)32/h6-8,20H,1-5,9-17H2,(H,28,31,32). The minimum Gasteiger partial charge on any atom is -0.322 e. The summed E-state index contributed by atoms with van der Waals surface area (Å²) in [7, 11) is 0. The van der Waals surface area contributed by atoms with Crippen molar-refractivity contribution in [1.82, 2.24) is 15.1 Å². The molecule has 3 heterocycles. The van der Waals surface area contributed by atoms with Gasteiger partial charge in [0.2, 0.25) is 11.8 Å². The molecule has 6 nitrogen and oxygen atoms in total. The zero-order valence-electron chi connectivity index (χ0n) is 19.5. The lowest BCUT2D eigenvalue weighted by molar-refractivity contribution is -0.136. The molecule has 0 aliphatic carbocycles. The van der Waals surface area contributed by atoms with E-state index in [-0.39, 0.29) is 37.0 Å². The van der Waals surface area contributed by atoms with Gasteiger partial charge in [-0.15, -0.1) is 11.8 Å². The number of alkyl halides is 2. The second-order valence-electron chi connectivity index (χ2n) is 9.50. The predicted molar refractivity (Wildman–Crippen MR) is 127 cm³/mol. The first-order valence-corrected chi connectivity index (χ1v) is 13.3. The number of carbonyl (C=O) groups is 3. The Morgan fingerprint density at radius 2 is 1.76 bits per heavy atom. The van der Waals surface area contributed by atoms with Crippen LogP contribution in [-0.4, -0.2) is 64.9 Å². The van der Waals surface area contributed by atoms with Crippen LogP contribution >= 0.6 is 11.8 Å². The Bertz CT molecular complexity index is 917. The van der Waals surface area contributed by atoms with Crippen molar-refractivity contribution in [2.75, 3.05) is 25.4 Å². The molecule has 9 heteroatoms. The SMILES string of the molecule is O=C1CCC(N2Cc3c(SCCCCCCCN4CCC(F)(F)CC4)cccc3C2=O)C(=O)N1. The molecule has 1 atom stereocenters. The van der Waals surface area contributed by atoms with Crippen LogP contribution in [0, 0.1) is 0 Å². The summed E-state index contributed by atoms with van der Waals surface area (Å²) in [4.78, 5) is 41.4. The zero-order valence-corrected chi connectivity index (χ0v) is 20.3. The molecule has 0 radical (unpaired) electrons. The molecular weight excluding hydrogens is 460 g/mol. The maximum Gasteiger partial charge on any atom is 0.255 e. The number of fused-ring (bicyclic) bond motifs is 1. The van der Waals surface area contributed by atoms with Crippen LogP contribution < -0.4 is 5.32 Å². The Balaban J connectivity index is 1.16. The number of hydrogen-bond acceptors (Lipinski definition) is 5. The summed E-state index contributed by atoms with van der Waals surface area (Å²) in [5, 5.41) is 2.34. The van der Waals surface area contributed by atoms with E-state index in [1.165, 1.54) is 0 Å². The molecule has 3 amide bonds. The minimum absolute atomic E-state index is 0.00963. The number of thioether (sulfide) groups is 1. The molecule has 34 heavy (non-hydrogen) atoms. The third kappa shape index (κ3) is 6.16. The largest absolute Gasteiger partial charge is 0.322 e. The number of nitrogens with one attached hydrogen (secondary N) is 1. The van der Waals surface area contributed by atoms with Crippen molar-refractivity contribution in [2.24, 2.45) is 0 Å². The maximum atomic E-state index is 13.2. The fourth-order valence-electron chi connectivity index (χ4n) is 4.95. The van der Waals surface area contributed by atoms with Crippen molar-refractivity contribution >= 4 is 29.5 Å². The van der Waals surface area contributed by atoms with Gasteiger partial charge < -0.3 is 9.80 Å². The van der Waals surface area contributed by atoms with Gasteiger partial charge in [-0.25, -0.2) is 8.78 Å². The lowest BCUT2D eigenvalue weighted by Crippen LogP contribution is -2.52. The van der Waals surface area contributed by atoms with Gasteiger partial charge >= 0.3 is 0 Å². The van der Waals surface area contributed by atoms with Gasteiger partial charge in [-0.05, 0) is 49.3 Å². The number of nitrogens with zero attached hydrogens (tertiary/aromatic N) is 2. The van der Waals surface area contributed by atoms with Crippen LogP contribution in [0.4, 0.5) is 8.78 Å². The van der Waals surface area contributed by atoms with Crippen molar-refractivity contribution in [3.63, 3.8) is 0 Å². The molecule has 0 spiro atoms. The number of benzene rings is 1. The summed E-state index contributed by atoms with van der Waals surface area (Å²) < 4.78 is 26.4. The Morgan fingerprint density at radius 3 is 2.53 bits per heavy atom. The average Bonchev–Trinajstić information content (AvgIpc) is 3.13. The van der Waals surface area contributed by atoms with Crippen molar-refractivity contribution in [3.05, 3.63) is 29.3 Å². The van der Waals surface area contributed by atoms with E-state index in [2.05, 4.69) is 10.2 Å². The molecule has 3 aliphatic heterocycles. The molecule has 2 saturated heterocycles. The fraction of sp³-hybridized carbons (Fsp3) is 0.640. The summed E-state index contributed by atoms with van der Waals surface area (Å²) in [6, 6.07) is 5.16. The van der Waals surface area contributed by atoms with Crippen LogP contribution in [0.5, 0.6) is 0 Å². The van der Waals surface area contributed by atoms with E-state index in [0.717, 1.165) is 54.9 Å². The quantitative estimate of drug-likeness (QED) is 0.300. The van der Waals surface area contributed by atoms with Gasteiger partial charge in [0.1, 0.15) is 6.04 Å². The molecule has 0 bridgehead atoms. The summed E-state index contributed by atoms with van der Waals surface area (Å²) in [6.07, 6.45) is 6.13. The van der Waals surface area contributed by atoms with Crippen molar-refractivity contribution < 1.29 is 23.2 Å². The number of rotatable bonds is 10. The van der Waals surface area contributed by atoms with Gasteiger partial charge in [0, 0.05) is 49.4 Å². The molecule has 3 aliphatic rings. The third-order valence-corrected chi connectivity index (χ3v) is 8.19. The smallest absolute Gasteiger partial charge is 0.255 e. The second-order valence-corrected chi connectivity index (χ2v) is 10.6. The number of piperidine rings is 2. The third-order valence-electron chi connectivity index (χ3n) is 7.00. The first kappa shape index (κ1) is 25.1. The van der Waals surface area contributed by atoms with E-state index < -0.39 is 12.0 Å². The van der Waals surface area contributed by atoms with E-state index in [1.54, 1.807) is 16.7 Å². The second kappa shape index (κ2) is 11.2. The monoisotopic (exact) mass is 493 g/mol. The lowest BCUT2D eigenvalue weighted by Gasteiger charge is -2.31.